The molecule has 5 heteroatoms. The molecule has 0 radical (unpaired) electrons. The summed E-state index contributed by atoms with van der Waals surface area (Å²) < 4.78 is 28.1. The lowest BCUT2D eigenvalue weighted by atomic mass is 10.0. The molecule has 1 aromatic carbocycles. The molecule has 0 unspecified atom stereocenters. The van der Waals surface area contributed by atoms with E-state index < -0.39 is 11.6 Å². The third kappa shape index (κ3) is 2.48. The van der Waals surface area contributed by atoms with Crippen LogP contribution in [0.4, 0.5) is 8.78 Å². The van der Waals surface area contributed by atoms with Crippen molar-refractivity contribution < 1.29 is 8.78 Å². The smallest absolute Gasteiger partial charge is 0.254 e. The van der Waals surface area contributed by atoms with Gasteiger partial charge in [-0.15, -0.1) is 0 Å². The van der Waals surface area contributed by atoms with Gasteiger partial charge >= 0.3 is 0 Å². The summed E-state index contributed by atoms with van der Waals surface area (Å²) in [7, 11) is 0. The Bertz CT molecular complexity index is 708. The van der Waals surface area contributed by atoms with Crippen LogP contribution in [0.15, 0.2) is 16.9 Å². The third-order valence-electron chi connectivity index (χ3n) is 3.21. The third-order valence-corrected chi connectivity index (χ3v) is 3.21. The number of hydrogen-bond acceptors (Lipinski definition) is 2. The van der Waals surface area contributed by atoms with Crippen LogP contribution in [0.25, 0.3) is 11.3 Å². The Morgan fingerprint density at radius 3 is 2.60 bits per heavy atom. The number of halogens is 2. The summed E-state index contributed by atoms with van der Waals surface area (Å²) in [5.74, 6) is -0.941. The standard InChI is InChI=1S/C15H16F2N2O/c1-4-5-11-18-14(9(3)15(20)19-11)12-10(16)7-6-8(2)13(12)17/h6-7H,4-5H2,1-3H3,(H,18,19,20). The number of benzene rings is 1. The number of nitrogens with zero attached hydrogens (tertiary/aromatic N) is 1. The van der Waals surface area contributed by atoms with E-state index in [-0.39, 0.29) is 22.4 Å². The van der Waals surface area contributed by atoms with Gasteiger partial charge in [-0.25, -0.2) is 13.8 Å². The van der Waals surface area contributed by atoms with E-state index in [9.17, 15) is 13.6 Å². The van der Waals surface area contributed by atoms with Crippen LogP contribution < -0.4 is 5.56 Å². The summed E-state index contributed by atoms with van der Waals surface area (Å²) in [6, 6.07) is 2.55. The molecule has 3 nitrogen and oxygen atoms in total. The van der Waals surface area contributed by atoms with Crippen LogP contribution in [0.1, 0.15) is 30.3 Å². The molecule has 0 amide bonds. The highest BCUT2D eigenvalue weighted by molar-refractivity contribution is 5.65. The number of H-pyrrole nitrogens is 1. The normalized spacial score (nSPS) is 10.8. The van der Waals surface area contributed by atoms with E-state index in [1.165, 1.54) is 19.1 Å². The minimum absolute atomic E-state index is 0.0795. The van der Waals surface area contributed by atoms with Gasteiger partial charge in [-0.1, -0.05) is 13.0 Å². The second-order valence-electron chi connectivity index (χ2n) is 4.79. The molecule has 1 aromatic heterocycles. The lowest BCUT2D eigenvalue weighted by Gasteiger charge is -2.10. The number of aromatic nitrogens is 2. The maximum Gasteiger partial charge on any atom is 0.254 e. The topological polar surface area (TPSA) is 45.8 Å². The molecule has 0 aliphatic carbocycles. The molecule has 0 bridgehead atoms. The van der Waals surface area contributed by atoms with Gasteiger partial charge < -0.3 is 4.98 Å². The lowest BCUT2D eigenvalue weighted by Crippen LogP contribution is -2.17. The Morgan fingerprint density at radius 1 is 1.25 bits per heavy atom. The van der Waals surface area contributed by atoms with Crippen LogP contribution >= 0.6 is 0 Å². The van der Waals surface area contributed by atoms with Gasteiger partial charge in [-0.3, -0.25) is 4.79 Å². The molecule has 1 N–H and O–H groups in total. The number of rotatable bonds is 3. The molecule has 1 heterocycles. The predicted molar refractivity (Wildman–Crippen MR) is 73.7 cm³/mol. The molecule has 2 aromatic rings. The van der Waals surface area contributed by atoms with Crippen LogP contribution in [0.3, 0.4) is 0 Å². The SMILES string of the molecule is CCCc1nc(-c2c(F)ccc(C)c2F)c(C)c(=O)[nH]1. The fourth-order valence-electron chi connectivity index (χ4n) is 2.05. The molecule has 0 atom stereocenters. The van der Waals surface area contributed by atoms with Gasteiger partial charge in [0.15, 0.2) is 0 Å². The van der Waals surface area contributed by atoms with Crippen molar-refractivity contribution in [2.75, 3.05) is 0 Å². The number of aryl methyl sites for hydroxylation is 2. The summed E-state index contributed by atoms with van der Waals surface area (Å²) in [5, 5.41) is 0. The van der Waals surface area contributed by atoms with Crippen molar-refractivity contribution >= 4 is 0 Å². The van der Waals surface area contributed by atoms with E-state index in [1.807, 2.05) is 6.92 Å². The summed E-state index contributed by atoms with van der Waals surface area (Å²) in [5.41, 5.74) is 0.0220. The van der Waals surface area contributed by atoms with E-state index in [0.29, 0.717) is 17.8 Å². The molecule has 0 aliphatic heterocycles. The quantitative estimate of drug-likeness (QED) is 0.936. The Labute approximate surface area is 115 Å². The van der Waals surface area contributed by atoms with Crippen molar-refractivity contribution in [2.45, 2.75) is 33.6 Å². The van der Waals surface area contributed by atoms with E-state index >= 15 is 0 Å². The summed E-state index contributed by atoms with van der Waals surface area (Å²) in [6.45, 7) is 5.00. The van der Waals surface area contributed by atoms with Gasteiger partial charge in [0.25, 0.3) is 5.56 Å². The first-order valence-electron chi connectivity index (χ1n) is 6.50. The molecular weight excluding hydrogens is 262 g/mol. The molecule has 0 saturated carbocycles. The average molecular weight is 278 g/mol. The largest absolute Gasteiger partial charge is 0.310 e. The van der Waals surface area contributed by atoms with E-state index in [0.717, 1.165) is 6.42 Å². The molecule has 0 saturated heterocycles. The summed E-state index contributed by atoms with van der Waals surface area (Å²) >= 11 is 0. The van der Waals surface area contributed by atoms with Crippen molar-refractivity contribution in [3.8, 4) is 11.3 Å². The van der Waals surface area contributed by atoms with Crippen molar-refractivity contribution in [3.05, 3.63) is 51.1 Å². The molecule has 0 spiro atoms. The summed E-state index contributed by atoms with van der Waals surface area (Å²) in [4.78, 5) is 18.7. The molecule has 0 aliphatic rings. The second-order valence-corrected chi connectivity index (χ2v) is 4.79. The lowest BCUT2D eigenvalue weighted by molar-refractivity contribution is 0.582. The van der Waals surface area contributed by atoms with Gasteiger partial charge in [0, 0.05) is 12.0 Å². The second kappa shape index (κ2) is 5.53. The van der Waals surface area contributed by atoms with Gasteiger partial charge in [0.1, 0.15) is 17.5 Å². The van der Waals surface area contributed by atoms with Crippen molar-refractivity contribution in [2.24, 2.45) is 0 Å². The van der Waals surface area contributed by atoms with Gasteiger partial charge in [0.2, 0.25) is 0 Å². The van der Waals surface area contributed by atoms with E-state index in [4.69, 9.17) is 0 Å². The number of nitrogens with one attached hydrogen (secondary N) is 1. The van der Waals surface area contributed by atoms with Crippen LogP contribution in [-0.2, 0) is 6.42 Å². The van der Waals surface area contributed by atoms with Gasteiger partial charge in [-0.05, 0) is 31.9 Å². The van der Waals surface area contributed by atoms with Crippen LogP contribution in [0.2, 0.25) is 0 Å². The first-order chi connectivity index (χ1) is 9.45. The molecular formula is C15H16F2N2O. The monoisotopic (exact) mass is 278 g/mol. The van der Waals surface area contributed by atoms with Crippen molar-refractivity contribution in [1.82, 2.24) is 9.97 Å². The van der Waals surface area contributed by atoms with E-state index in [2.05, 4.69) is 9.97 Å². The minimum Gasteiger partial charge on any atom is -0.310 e. The average Bonchev–Trinajstić information content (AvgIpc) is 2.40. The highest BCUT2D eigenvalue weighted by Crippen LogP contribution is 2.27. The fourth-order valence-corrected chi connectivity index (χ4v) is 2.05. The molecule has 0 fully saturated rings. The van der Waals surface area contributed by atoms with Crippen LogP contribution in [0, 0.1) is 25.5 Å². The van der Waals surface area contributed by atoms with Crippen LogP contribution in [-0.4, -0.2) is 9.97 Å². The maximum absolute atomic E-state index is 14.2. The zero-order valence-electron chi connectivity index (χ0n) is 11.7. The minimum atomic E-state index is -0.711. The zero-order chi connectivity index (χ0) is 14.9. The van der Waals surface area contributed by atoms with Crippen molar-refractivity contribution in [3.63, 3.8) is 0 Å². The highest BCUT2D eigenvalue weighted by Gasteiger charge is 2.19. The Hall–Kier alpha value is -2.04. The predicted octanol–water partition coefficient (Wildman–Crippen LogP) is 3.28. The maximum atomic E-state index is 14.2. The summed E-state index contributed by atoms with van der Waals surface area (Å²) in [6.07, 6.45) is 1.34. The molecule has 106 valence electrons. The Morgan fingerprint density at radius 2 is 1.95 bits per heavy atom. The first-order valence-corrected chi connectivity index (χ1v) is 6.50. The first kappa shape index (κ1) is 14.4. The van der Waals surface area contributed by atoms with Crippen LogP contribution in [0.5, 0.6) is 0 Å². The van der Waals surface area contributed by atoms with Crippen molar-refractivity contribution in [1.29, 1.82) is 0 Å². The molecule has 20 heavy (non-hydrogen) atoms. The zero-order valence-corrected chi connectivity index (χ0v) is 11.7. The fraction of sp³-hybridized carbons (Fsp3) is 0.333. The number of aromatic amines is 1. The Balaban J connectivity index is 2.75. The Kier molecular flexibility index (Phi) is 3.97. The number of hydrogen-bond donors (Lipinski definition) is 1. The van der Waals surface area contributed by atoms with E-state index in [1.54, 1.807) is 6.92 Å². The molecule has 2 rings (SSSR count). The van der Waals surface area contributed by atoms with Gasteiger partial charge in [-0.2, -0.15) is 0 Å². The van der Waals surface area contributed by atoms with Gasteiger partial charge in [0.05, 0.1) is 11.3 Å². The highest BCUT2D eigenvalue weighted by atomic mass is 19.1.